The number of unbranched alkanes of at least 4 members (excludes halogenated alkanes) is 2. The van der Waals surface area contributed by atoms with Crippen LogP contribution in [0.3, 0.4) is 0 Å². The molecule has 0 saturated carbocycles. The summed E-state index contributed by atoms with van der Waals surface area (Å²) < 4.78 is 0. The molecule has 0 aromatic carbocycles. The average Bonchev–Trinajstić information content (AvgIpc) is 2.25. The van der Waals surface area contributed by atoms with E-state index in [1.165, 1.54) is 0 Å². The van der Waals surface area contributed by atoms with Gasteiger partial charge in [-0.05, 0) is 19.9 Å². The predicted molar refractivity (Wildman–Crippen MR) is 69.5 cm³/mol. The van der Waals surface area contributed by atoms with Crippen LogP contribution in [0.2, 0.25) is 0 Å². The fourth-order valence-corrected chi connectivity index (χ4v) is 1.36. The number of halogens is 1. The molecule has 3 N–H and O–H groups in total. The summed E-state index contributed by atoms with van der Waals surface area (Å²) in [6.45, 7) is 2.79. The van der Waals surface area contributed by atoms with Gasteiger partial charge in [0, 0.05) is 13.0 Å². The number of carboxylic acid groups (broad SMARTS) is 1. The quantitative estimate of drug-likeness (QED) is 0.548. The van der Waals surface area contributed by atoms with Crippen molar-refractivity contribution in [3.63, 3.8) is 0 Å². The van der Waals surface area contributed by atoms with Gasteiger partial charge in [-0.2, -0.15) is 0 Å². The van der Waals surface area contributed by atoms with Crippen LogP contribution >= 0.6 is 12.4 Å². The maximum absolute atomic E-state index is 11.3. The maximum atomic E-state index is 11.3. The summed E-state index contributed by atoms with van der Waals surface area (Å²) >= 11 is 0. The van der Waals surface area contributed by atoms with Crippen LogP contribution in [0.5, 0.6) is 0 Å². The number of rotatable bonds is 9. The second kappa shape index (κ2) is 11.7. The monoisotopic (exact) mass is 266 g/mol. The molecular formula is C11H23ClN2O3. The van der Waals surface area contributed by atoms with Crippen molar-refractivity contribution in [1.29, 1.82) is 0 Å². The predicted octanol–water partition coefficient (Wildman–Crippen LogP) is 1.17. The third-order valence-corrected chi connectivity index (χ3v) is 2.41. The van der Waals surface area contributed by atoms with E-state index in [9.17, 15) is 9.59 Å². The fraction of sp³-hybridized carbons (Fsp3) is 0.818. The molecule has 0 aliphatic heterocycles. The van der Waals surface area contributed by atoms with Gasteiger partial charge in [0.15, 0.2) is 0 Å². The Hall–Kier alpha value is -0.810. The van der Waals surface area contributed by atoms with Gasteiger partial charge in [-0.3, -0.25) is 9.59 Å². The number of likely N-dealkylation sites (N-methyl/N-ethyl adjacent to an activating group) is 1. The maximum Gasteiger partial charge on any atom is 0.320 e. The minimum absolute atomic E-state index is 0. The second-order valence-corrected chi connectivity index (χ2v) is 3.78. The van der Waals surface area contributed by atoms with Gasteiger partial charge in [0.2, 0.25) is 5.91 Å². The van der Waals surface area contributed by atoms with Crippen molar-refractivity contribution in [2.24, 2.45) is 0 Å². The molecule has 0 aliphatic rings. The zero-order valence-electron chi connectivity index (χ0n) is 10.5. The van der Waals surface area contributed by atoms with Gasteiger partial charge in [0.25, 0.3) is 0 Å². The molecule has 0 aromatic rings. The molecule has 5 nitrogen and oxygen atoms in total. The Morgan fingerprint density at radius 1 is 1.29 bits per heavy atom. The molecule has 0 spiro atoms. The number of amides is 1. The summed E-state index contributed by atoms with van der Waals surface area (Å²) in [5.41, 5.74) is 0. The van der Waals surface area contributed by atoms with Crippen LogP contribution in [0.4, 0.5) is 0 Å². The Balaban J connectivity index is 0. The van der Waals surface area contributed by atoms with E-state index in [0.29, 0.717) is 13.0 Å². The third-order valence-electron chi connectivity index (χ3n) is 2.41. The van der Waals surface area contributed by atoms with E-state index in [4.69, 9.17) is 5.11 Å². The first-order valence-electron chi connectivity index (χ1n) is 5.78. The highest BCUT2D eigenvalue weighted by molar-refractivity contribution is 5.85. The molecule has 0 aromatic heterocycles. The topological polar surface area (TPSA) is 78.4 Å². The Bertz CT molecular complexity index is 225. The summed E-state index contributed by atoms with van der Waals surface area (Å²) in [4.78, 5) is 22.0. The van der Waals surface area contributed by atoms with Crippen molar-refractivity contribution < 1.29 is 14.7 Å². The van der Waals surface area contributed by atoms with Crippen LogP contribution in [0.1, 0.15) is 39.0 Å². The lowest BCUT2D eigenvalue weighted by Crippen LogP contribution is -2.35. The second-order valence-electron chi connectivity index (χ2n) is 3.78. The van der Waals surface area contributed by atoms with Gasteiger partial charge in [-0.25, -0.2) is 0 Å². The van der Waals surface area contributed by atoms with E-state index in [-0.39, 0.29) is 24.7 Å². The smallest absolute Gasteiger partial charge is 0.320 e. The first kappa shape index (κ1) is 18.6. The lowest BCUT2D eigenvalue weighted by molar-refractivity contribution is -0.139. The highest BCUT2D eigenvalue weighted by atomic mass is 35.5. The highest BCUT2D eigenvalue weighted by Crippen LogP contribution is 1.98. The number of nitrogens with one attached hydrogen (secondary N) is 2. The van der Waals surface area contributed by atoms with Gasteiger partial charge in [-0.15, -0.1) is 12.4 Å². The highest BCUT2D eigenvalue weighted by Gasteiger charge is 2.15. The molecule has 0 rings (SSSR count). The molecule has 0 fully saturated rings. The summed E-state index contributed by atoms with van der Waals surface area (Å²) in [6, 6.07) is -0.638. The van der Waals surface area contributed by atoms with Crippen molar-refractivity contribution in [2.75, 3.05) is 13.6 Å². The molecule has 0 radical (unpaired) electrons. The fourth-order valence-electron chi connectivity index (χ4n) is 1.36. The Morgan fingerprint density at radius 2 is 1.94 bits per heavy atom. The van der Waals surface area contributed by atoms with E-state index < -0.39 is 12.0 Å². The Kier molecular flexibility index (Phi) is 12.7. The lowest BCUT2D eigenvalue weighted by atomic mass is 10.1. The standard InChI is InChI=1S/C11H22N2O3.ClH/c1-3-4-5-8-13-10(14)7-6-9(12-2)11(15)16;/h9,12H,3-8H2,1-2H3,(H,13,14)(H,15,16);1H/t9-;/m0./s1. The van der Waals surface area contributed by atoms with Crippen molar-refractivity contribution in [1.82, 2.24) is 10.6 Å². The molecule has 0 aliphatic carbocycles. The summed E-state index contributed by atoms with van der Waals surface area (Å²) in [5, 5.41) is 14.2. The molecule has 0 heterocycles. The number of carboxylic acids is 1. The molecule has 1 atom stereocenters. The summed E-state index contributed by atoms with van der Waals surface area (Å²) in [5.74, 6) is -0.987. The minimum atomic E-state index is -0.915. The Labute approximate surface area is 109 Å². The number of carbonyl (C=O) groups excluding carboxylic acids is 1. The van der Waals surface area contributed by atoms with E-state index in [1.54, 1.807) is 7.05 Å². The third kappa shape index (κ3) is 10.1. The van der Waals surface area contributed by atoms with Crippen LogP contribution in [0, 0.1) is 0 Å². The van der Waals surface area contributed by atoms with Gasteiger partial charge >= 0.3 is 5.97 Å². The number of hydrogen-bond donors (Lipinski definition) is 3. The van der Waals surface area contributed by atoms with Gasteiger partial charge < -0.3 is 15.7 Å². The Morgan fingerprint density at radius 3 is 2.41 bits per heavy atom. The average molecular weight is 267 g/mol. The van der Waals surface area contributed by atoms with Gasteiger partial charge in [0.05, 0.1) is 0 Å². The molecule has 1 amide bonds. The van der Waals surface area contributed by atoms with Crippen molar-refractivity contribution in [2.45, 2.75) is 45.1 Å². The van der Waals surface area contributed by atoms with Crippen LogP contribution in [0.25, 0.3) is 0 Å². The van der Waals surface area contributed by atoms with E-state index in [1.807, 2.05) is 0 Å². The zero-order chi connectivity index (χ0) is 12.4. The molecule has 0 unspecified atom stereocenters. The normalized spacial score (nSPS) is 11.4. The SMILES string of the molecule is CCCCCNC(=O)CC[C@H](NC)C(=O)O.Cl. The van der Waals surface area contributed by atoms with Crippen LogP contribution in [0.15, 0.2) is 0 Å². The van der Waals surface area contributed by atoms with Crippen LogP contribution < -0.4 is 10.6 Å². The molecule has 102 valence electrons. The van der Waals surface area contributed by atoms with Crippen molar-refractivity contribution in [3.8, 4) is 0 Å². The van der Waals surface area contributed by atoms with Crippen molar-refractivity contribution >= 4 is 24.3 Å². The summed E-state index contributed by atoms with van der Waals surface area (Å²) in [6.07, 6.45) is 3.79. The molecule has 0 saturated heterocycles. The molecule has 17 heavy (non-hydrogen) atoms. The van der Waals surface area contributed by atoms with E-state index in [2.05, 4.69) is 17.6 Å². The van der Waals surface area contributed by atoms with Gasteiger partial charge in [-0.1, -0.05) is 19.8 Å². The minimum Gasteiger partial charge on any atom is -0.480 e. The lowest BCUT2D eigenvalue weighted by Gasteiger charge is -2.10. The number of aliphatic carboxylic acids is 1. The molecule has 0 bridgehead atoms. The number of carbonyl (C=O) groups is 2. The van der Waals surface area contributed by atoms with E-state index in [0.717, 1.165) is 19.3 Å². The molecule has 6 heteroatoms. The van der Waals surface area contributed by atoms with Gasteiger partial charge in [0.1, 0.15) is 6.04 Å². The van der Waals surface area contributed by atoms with Crippen molar-refractivity contribution in [3.05, 3.63) is 0 Å². The zero-order valence-corrected chi connectivity index (χ0v) is 11.3. The largest absolute Gasteiger partial charge is 0.480 e. The first-order valence-corrected chi connectivity index (χ1v) is 5.78. The van der Waals surface area contributed by atoms with Crippen LogP contribution in [-0.2, 0) is 9.59 Å². The van der Waals surface area contributed by atoms with E-state index >= 15 is 0 Å². The summed E-state index contributed by atoms with van der Waals surface area (Å²) in [7, 11) is 1.58. The first-order chi connectivity index (χ1) is 7.61. The number of hydrogen-bond acceptors (Lipinski definition) is 3. The van der Waals surface area contributed by atoms with Crippen LogP contribution in [-0.4, -0.2) is 36.6 Å². The molecular weight excluding hydrogens is 244 g/mol.